The van der Waals surface area contributed by atoms with Crippen LogP contribution in [0.1, 0.15) is 33.1 Å². The third-order valence-electron chi connectivity index (χ3n) is 4.52. The Morgan fingerprint density at radius 3 is 2.40 bits per heavy atom. The molecule has 6 heteroatoms. The van der Waals surface area contributed by atoms with Gasteiger partial charge in [-0.15, -0.1) is 0 Å². The number of primary amides is 1. The van der Waals surface area contributed by atoms with Gasteiger partial charge in [-0.3, -0.25) is 14.5 Å². The number of hydrogen-bond acceptors (Lipinski definition) is 4. The summed E-state index contributed by atoms with van der Waals surface area (Å²) in [7, 11) is 0. The molecule has 1 unspecified atom stereocenters. The van der Waals surface area contributed by atoms with Crippen molar-refractivity contribution >= 4 is 11.8 Å². The number of carbonyl (C=O) groups excluding carboxylic acids is 2. The molecule has 0 spiro atoms. The van der Waals surface area contributed by atoms with Gasteiger partial charge in [0.2, 0.25) is 11.8 Å². The number of carbonyl (C=O) groups is 2. The Hall–Kier alpha value is -1.14. The van der Waals surface area contributed by atoms with E-state index in [0.29, 0.717) is 13.0 Å². The lowest BCUT2D eigenvalue weighted by Crippen LogP contribution is -2.63. The van der Waals surface area contributed by atoms with Gasteiger partial charge in [0, 0.05) is 32.7 Å². The maximum absolute atomic E-state index is 12.9. The van der Waals surface area contributed by atoms with Crippen LogP contribution in [-0.4, -0.2) is 65.9 Å². The van der Waals surface area contributed by atoms with Crippen LogP contribution in [0.3, 0.4) is 0 Å². The first-order valence-electron chi connectivity index (χ1n) is 7.51. The van der Waals surface area contributed by atoms with Gasteiger partial charge in [-0.25, -0.2) is 0 Å². The van der Waals surface area contributed by atoms with Crippen molar-refractivity contribution in [3.8, 4) is 0 Å². The third-order valence-corrected chi connectivity index (χ3v) is 4.52. The summed E-state index contributed by atoms with van der Waals surface area (Å²) in [6, 6.07) is -0.432. The zero-order chi connectivity index (χ0) is 14.8. The van der Waals surface area contributed by atoms with Crippen LogP contribution in [0.4, 0.5) is 0 Å². The Balaban J connectivity index is 2.12. The molecule has 114 valence electrons. The molecule has 0 radical (unpaired) electrons. The third kappa shape index (κ3) is 2.96. The van der Waals surface area contributed by atoms with E-state index >= 15 is 0 Å². The summed E-state index contributed by atoms with van der Waals surface area (Å²) in [6.07, 6.45) is 2.61. The number of nitrogens with zero attached hydrogens (tertiary/aromatic N) is 2. The lowest BCUT2D eigenvalue weighted by Gasteiger charge is -2.45. The molecule has 0 aromatic carbocycles. The van der Waals surface area contributed by atoms with Crippen molar-refractivity contribution in [2.24, 2.45) is 5.73 Å². The summed E-state index contributed by atoms with van der Waals surface area (Å²) in [4.78, 5) is 28.4. The Morgan fingerprint density at radius 1 is 1.15 bits per heavy atom. The van der Waals surface area contributed by atoms with E-state index in [1.807, 2.05) is 13.8 Å². The Bertz CT molecular complexity index is 377. The molecule has 20 heavy (non-hydrogen) atoms. The summed E-state index contributed by atoms with van der Waals surface area (Å²) < 4.78 is 0. The first kappa shape index (κ1) is 15.3. The number of nitrogens with two attached hydrogens (primary N) is 1. The van der Waals surface area contributed by atoms with Crippen molar-refractivity contribution in [2.75, 3.05) is 32.7 Å². The highest BCUT2D eigenvalue weighted by Gasteiger charge is 2.42. The SMILES string of the molecule is CC(C)(C(=O)N1CCCCC1C(N)=O)N1CCNCC1. The monoisotopic (exact) mass is 282 g/mol. The molecule has 2 saturated heterocycles. The lowest BCUT2D eigenvalue weighted by molar-refractivity contribution is -0.150. The van der Waals surface area contributed by atoms with Crippen LogP contribution in [0.2, 0.25) is 0 Å². The maximum atomic E-state index is 12.9. The Morgan fingerprint density at radius 2 is 1.80 bits per heavy atom. The molecule has 6 nitrogen and oxygen atoms in total. The van der Waals surface area contributed by atoms with Crippen LogP contribution in [0.5, 0.6) is 0 Å². The van der Waals surface area contributed by atoms with E-state index in [1.165, 1.54) is 0 Å². The van der Waals surface area contributed by atoms with Crippen LogP contribution in [-0.2, 0) is 9.59 Å². The zero-order valence-corrected chi connectivity index (χ0v) is 12.5. The van der Waals surface area contributed by atoms with Crippen molar-refractivity contribution in [2.45, 2.75) is 44.7 Å². The molecule has 2 rings (SSSR count). The maximum Gasteiger partial charge on any atom is 0.243 e. The van der Waals surface area contributed by atoms with Crippen molar-refractivity contribution in [1.82, 2.24) is 15.1 Å². The molecule has 0 saturated carbocycles. The van der Waals surface area contributed by atoms with E-state index in [-0.39, 0.29) is 11.8 Å². The molecule has 1 atom stereocenters. The molecular formula is C14H26N4O2. The van der Waals surface area contributed by atoms with Crippen LogP contribution in [0.15, 0.2) is 0 Å². The first-order valence-corrected chi connectivity index (χ1v) is 7.51. The Kier molecular flexibility index (Phi) is 4.65. The molecule has 0 aromatic rings. The molecule has 2 amide bonds. The van der Waals surface area contributed by atoms with E-state index in [0.717, 1.165) is 39.0 Å². The molecule has 0 aliphatic carbocycles. The van der Waals surface area contributed by atoms with Gasteiger partial charge in [0.25, 0.3) is 0 Å². The number of piperazine rings is 1. The molecular weight excluding hydrogens is 256 g/mol. The number of likely N-dealkylation sites (tertiary alicyclic amines) is 1. The molecule has 2 heterocycles. The summed E-state index contributed by atoms with van der Waals surface area (Å²) in [5, 5.41) is 3.29. The molecule has 2 fully saturated rings. The predicted molar refractivity (Wildman–Crippen MR) is 77.1 cm³/mol. The zero-order valence-electron chi connectivity index (χ0n) is 12.5. The van der Waals surface area contributed by atoms with E-state index in [1.54, 1.807) is 4.90 Å². The highest BCUT2D eigenvalue weighted by Crippen LogP contribution is 2.24. The number of piperidine rings is 1. The smallest absolute Gasteiger partial charge is 0.243 e. The summed E-state index contributed by atoms with van der Waals surface area (Å²) in [5.41, 5.74) is 4.88. The predicted octanol–water partition coefficient (Wildman–Crippen LogP) is -0.463. The Labute approximate surface area is 120 Å². The second-order valence-corrected chi connectivity index (χ2v) is 6.21. The number of amides is 2. The van der Waals surface area contributed by atoms with Crippen molar-refractivity contribution in [3.05, 3.63) is 0 Å². The average molecular weight is 282 g/mol. The highest BCUT2D eigenvalue weighted by molar-refractivity contribution is 5.91. The van der Waals surface area contributed by atoms with E-state index in [4.69, 9.17) is 5.73 Å². The van der Waals surface area contributed by atoms with Crippen molar-refractivity contribution in [3.63, 3.8) is 0 Å². The van der Waals surface area contributed by atoms with Gasteiger partial charge in [0.15, 0.2) is 0 Å². The van der Waals surface area contributed by atoms with E-state index in [2.05, 4.69) is 10.2 Å². The van der Waals surface area contributed by atoms with Gasteiger partial charge in [0.1, 0.15) is 6.04 Å². The standard InChI is InChI=1S/C14H26N4O2/c1-14(2,17-9-6-16-7-10-17)13(20)18-8-4-3-5-11(18)12(15)19/h11,16H,3-10H2,1-2H3,(H2,15,19). The van der Waals surface area contributed by atoms with Gasteiger partial charge in [-0.2, -0.15) is 0 Å². The van der Waals surface area contributed by atoms with Gasteiger partial charge in [-0.05, 0) is 33.1 Å². The van der Waals surface area contributed by atoms with Gasteiger partial charge in [0.05, 0.1) is 5.54 Å². The lowest BCUT2D eigenvalue weighted by atomic mass is 9.94. The average Bonchev–Trinajstić information content (AvgIpc) is 2.47. The fourth-order valence-corrected chi connectivity index (χ4v) is 3.18. The fourth-order valence-electron chi connectivity index (χ4n) is 3.18. The minimum absolute atomic E-state index is 0.0305. The normalized spacial score (nSPS) is 25.5. The first-order chi connectivity index (χ1) is 9.44. The quantitative estimate of drug-likeness (QED) is 0.734. The fraction of sp³-hybridized carbons (Fsp3) is 0.857. The topological polar surface area (TPSA) is 78.7 Å². The molecule has 0 aromatic heterocycles. The number of rotatable bonds is 3. The minimum Gasteiger partial charge on any atom is -0.368 e. The minimum atomic E-state index is -0.576. The summed E-state index contributed by atoms with van der Waals surface area (Å²) in [5.74, 6) is -0.350. The van der Waals surface area contributed by atoms with Gasteiger partial charge >= 0.3 is 0 Å². The van der Waals surface area contributed by atoms with Crippen molar-refractivity contribution in [1.29, 1.82) is 0 Å². The van der Waals surface area contributed by atoms with Gasteiger partial charge in [-0.1, -0.05) is 0 Å². The van der Waals surface area contributed by atoms with E-state index < -0.39 is 11.6 Å². The second kappa shape index (κ2) is 6.10. The molecule has 0 bridgehead atoms. The van der Waals surface area contributed by atoms with Gasteiger partial charge < -0.3 is 16.0 Å². The summed E-state index contributed by atoms with van der Waals surface area (Å²) >= 11 is 0. The highest BCUT2D eigenvalue weighted by atomic mass is 16.2. The van der Waals surface area contributed by atoms with Crippen LogP contribution in [0, 0.1) is 0 Å². The molecule has 2 aliphatic rings. The van der Waals surface area contributed by atoms with Crippen LogP contribution in [0.25, 0.3) is 0 Å². The van der Waals surface area contributed by atoms with E-state index in [9.17, 15) is 9.59 Å². The largest absolute Gasteiger partial charge is 0.368 e. The second-order valence-electron chi connectivity index (χ2n) is 6.21. The van der Waals surface area contributed by atoms with Crippen LogP contribution >= 0.6 is 0 Å². The molecule has 3 N–H and O–H groups in total. The molecule has 2 aliphatic heterocycles. The number of hydrogen-bond donors (Lipinski definition) is 2. The number of nitrogens with one attached hydrogen (secondary N) is 1. The summed E-state index contributed by atoms with van der Waals surface area (Å²) in [6.45, 7) is 8.05. The van der Waals surface area contributed by atoms with Crippen molar-refractivity contribution < 1.29 is 9.59 Å². The van der Waals surface area contributed by atoms with Crippen LogP contribution < -0.4 is 11.1 Å².